The van der Waals surface area contributed by atoms with E-state index in [-0.39, 0.29) is 12.8 Å². The molecule has 0 aromatic heterocycles. The number of carboxylic acids is 1. The topological polar surface area (TPSA) is 169 Å². The lowest BCUT2D eigenvalue weighted by molar-refractivity contribution is -0.147. The highest BCUT2D eigenvalue weighted by molar-refractivity contribution is 7.47. The highest BCUT2D eigenvalue weighted by Gasteiger charge is 2.28. The van der Waals surface area contributed by atoms with Crippen LogP contribution in [-0.4, -0.2) is 64.9 Å². The zero-order valence-electron chi connectivity index (χ0n) is 35.6. The van der Waals surface area contributed by atoms with Gasteiger partial charge in [0.25, 0.3) is 0 Å². The highest BCUT2D eigenvalue weighted by atomic mass is 31.2. The van der Waals surface area contributed by atoms with Crippen LogP contribution in [0.5, 0.6) is 0 Å². The maximum Gasteiger partial charge on any atom is 0.472 e. The molecule has 330 valence electrons. The number of hydrogen-bond donors (Lipinski definition) is 4. The van der Waals surface area contributed by atoms with E-state index in [1.807, 2.05) is 12.2 Å². The molecule has 11 nitrogen and oxygen atoms in total. The normalized spacial score (nSPS) is 14.6. The molecule has 0 radical (unpaired) electrons. The lowest BCUT2D eigenvalue weighted by Crippen LogP contribution is -2.43. The first kappa shape index (κ1) is 54.7. The number of aliphatic hydroxyl groups is 1. The molecular formula is C46H76NO10P. The molecule has 0 rings (SSSR count). The molecular weight excluding hydrogens is 757 g/mol. The molecule has 1 amide bonds. The second kappa shape index (κ2) is 40.4. The Balaban J connectivity index is 4.00. The molecule has 0 spiro atoms. The van der Waals surface area contributed by atoms with Gasteiger partial charge in [0.1, 0.15) is 12.7 Å². The van der Waals surface area contributed by atoms with Gasteiger partial charge in [-0.05, 0) is 64.2 Å². The molecule has 0 aromatic rings. The van der Waals surface area contributed by atoms with Gasteiger partial charge in [-0.25, -0.2) is 9.36 Å². The van der Waals surface area contributed by atoms with Gasteiger partial charge >= 0.3 is 19.8 Å². The summed E-state index contributed by atoms with van der Waals surface area (Å²) in [6.07, 6.45) is 49.1. The van der Waals surface area contributed by atoms with Crippen LogP contribution in [0.25, 0.3) is 0 Å². The Kier molecular flexibility index (Phi) is 38.1. The number of aliphatic carboxylic acids is 1. The summed E-state index contributed by atoms with van der Waals surface area (Å²) in [5.74, 6) is -2.45. The zero-order chi connectivity index (χ0) is 42.8. The number of ether oxygens (including phenoxy) is 1. The van der Waals surface area contributed by atoms with Crippen LogP contribution in [0.2, 0.25) is 0 Å². The minimum atomic E-state index is -4.77. The SMILES string of the molecule is CC/C=C\C/C=C\C/C=C\C/C=C\C/C=C\C/C=C\C/C=C\CCCC(=O)OCC(O)COP(=O)(O)OCC(NC(=O)CCCCCCCCCCCCC)C(=O)O. The van der Waals surface area contributed by atoms with Crippen LogP contribution in [0.15, 0.2) is 85.1 Å². The average Bonchev–Trinajstić information content (AvgIpc) is 3.20. The summed E-state index contributed by atoms with van der Waals surface area (Å²) in [6, 6.07) is -1.55. The van der Waals surface area contributed by atoms with Crippen molar-refractivity contribution in [1.82, 2.24) is 5.32 Å². The molecule has 0 aromatic carbocycles. The van der Waals surface area contributed by atoms with E-state index >= 15 is 0 Å². The Hall–Kier alpha value is -3.34. The number of amides is 1. The maximum absolute atomic E-state index is 12.2. The Bertz CT molecular complexity index is 1300. The van der Waals surface area contributed by atoms with Gasteiger partial charge in [-0.2, -0.15) is 0 Å². The van der Waals surface area contributed by atoms with Gasteiger partial charge in [0.05, 0.1) is 13.2 Å². The van der Waals surface area contributed by atoms with Crippen molar-refractivity contribution in [2.75, 3.05) is 19.8 Å². The molecule has 0 bridgehead atoms. The summed E-state index contributed by atoms with van der Waals surface area (Å²) in [7, 11) is -4.77. The van der Waals surface area contributed by atoms with Crippen molar-refractivity contribution in [2.45, 2.75) is 167 Å². The number of hydrogen-bond acceptors (Lipinski definition) is 8. The second-order valence-electron chi connectivity index (χ2n) is 14.2. The van der Waals surface area contributed by atoms with Crippen molar-refractivity contribution in [3.05, 3.63) is 85.1 Å². The second-order valence-corrected chi connectivity index (χ2v) is 15.6. The van der Waals surface area contributed by atoms with Gasteiger partial charge in [0.2, 0.25) is 5.91 Å². The van der Waals surface area contributed by atoms with Gasteiger partial charge in [-0.3, -0.25) is 18.6 Å². The van der Waals surface area contributed by atoms with E-state index in [4.69, 9.17) is 13.8 Å². The number of unbranched alkanes of at least 4 members (excludes halogenated alkanes) is 11. The van der Waals surface area contributed by atoms with Gasteiger partial charge in [0, 0.05) is 12.8 Å². The predicted molar refractivity (Wildman–Crippen MR) is 235 cm³/mol. The highest BCUT2D eigenvalue weighted by Crippen LogP contribution is 2.43. The number of nitrogens with one attached hydrogen (secondary N) is 1. The van der Waals surface area contributed by atoms with Crippen molar-refractivity contribution in [2.24, 2.45) is 0 Å². The van der Waals surface area contributed by atoms with Crippen LogP contribution >= 0.6 is 7.82 Å². The van der Waals surface area contributed by atoms with Crippen LogP contribution < -0.4 is 5.32 Å². The third kappa shape index (κ3) is 39.5. The standard InChI is InChI=1S/C46H76NO10P/c1-3-5-7-9-11-13-15-16-17-18-19-20-21-22-23-24-25-26-28-30-32-34-36-38-45(50)55-39-42(48)40-56-58(53,54)57-41-43(46(51)52)47-44(49)37-35-33-31-29-27-14-12-10-8-6-4-2/h5,7,11,13,16-17,19-20,22-23,25-26,30,32,42-43,48H,3-4,6,8-10,12,14-15,18,21,24,27-29,31,33-41H2,1-2H3,(H,47,49)(H,51,52)(H,53,54)/b7-5-,13-11-,17-16-,20-19-,23-22-,26-25-,32-30-. The number of aliphatic hydroxyl groups excluding tert-OH is 1. The van der Waals surface area contributed by atoms with E-state index in [0.717, 1.165) is 64.2 Å². The quantitative estimate of drug-likeness (QED) is 0.0202. The average molecular weight is 834 g/mol. The van der Waals surface area contributed by atoms with Crippen molar-refractivity contribution in [1.29, 1.82) is 0 Å². The molecule has 0 heterocycles. The Labute approximate surface area is 350 Å². The maximum atomic E-state index is 12.2. The first-order valence-corrected chi connectivity index (χ1v) is 23.1. The third-order valence-corrected chi connectivity index (χ3v) is 9.65. The molecule has 58 heavy (non-hydrogen) atoms. The summed E-state index contributed by atoms with van der Waals surface area (Å²) in [5, 5.41) is 21.8. The smallest absolute Gasteiger partial charge is 0.472 e. The van der Waals surface area contributed by atoms with Crippen molar-refractivity contribution in [3.63, 3.8) is 0 Å². The van der Waals surface area contributed by atoms with Gasteiger partial charge in [-0.1, -0.05) is 163 Å². The van der Waals surface area contributed by atoms with Crippen LogP contribution in [0.3, 0.4) is 0 Å². The fourth-order valence-corrected chi connectivity index (χ4v) is 6.13. The van der Waals surface area contributed by atoms with Gasteiger partial charge < -0.3 is 25.2 Å². The lowest BCUT2D eigenvalue weighted by atomic mass is 10.1. The molecule has 0 aliphatic carbocycles. The number of carboxylic acid groups (broad SMARTS) is 1. The minimum Gasteiger partial charge on any atom is -0.480 e. The first-order chi connectivity index (χ1) is 28.1. The van der Waals surface area contributed by atoms with Crippen molar-refractivity contribution >= 4 is 25.7 Å². The molecule has 0 fully saturated rings. The Morgan fingerprint density at radius 1 is 0.569 bits per heavy atom. The number of carbonyl (C=O) groups is 3. The number of esters is 1. The first-order valence-electron chi connectivity index (χ1n) is 21.6. The molecule has 3 atom stereocenters. The van der Waals surface area contributed by atoms with E-state index in [1.54, 1.807) is 0 Å². The van der Waals surface area contributed by atoms with Crippen LogP contribution in [0.1, 0.15) is 155 Å². The summed E-state index contributed by atoms with van der Waals surface area (Å²) in [6.45, 7) is 2.38. The largest absolute Gasteiger partial charge is 0.480 e. The number of phosphoric ester groups is 1. The van der Waals surface area contributed by atoms with Crippen LogP contribution in [0, 0.1) is 0 Å². The van der Waals surface area contributed by atoms with E-state index in [0.29, 0.717) is 19.3 Å². The van der Waals surface area contributed by atoms with E-state index in [9.17, 15) is 34.1 Å². The van der Waals surface area contributed by atoms with E-state index < -0.39 is 57.6 Å². The molecule has 12 heteroatoms. The molecule has 0 aliphatic heterocycles. The monoisotopic (exact) mass is 834 g/mol. The molecule has 0 saturated carbocycles. The number of phosphoric acid groups is 1. The number of rotatable bonds is 39. The fourth-order valence-electron chi connectivity index (χ4n) is 5.36. The third-order valence-electron chi connectivity index (χ3n) is 8.70. The number of allylic oxidation sites excluding steroid dienone is 14. The zero-order valence-corrected chi connectivity index (χ0v) is 36.5. The van der Waals surface area contributed by atoms with Crippen LogP contribution in [-0.2, 0) is 32.7 Å². The van der Waals surface area contributed by atoms with Crippen molar-refractivity contribution in [3.8, 4) is 0 Å². The summed E-state index contributed by atoms with van der Waals surface area (Å²) in [4.78, 5) is 45.8. The van der Waals surface area contributed by atoms with Crippen LogP contribution in [0.4, 0.5) is 0 Å². The Morgan fingerprint density at radius 2 is 1.00 bits per heavy atom. The molecule has 4 N–H and O–H groups in total. The summed E-state index contributed by atoms with van der Waals surface area (Å²) in [5.41, 5.74) is 0. The fraction of sp³-hybridized carbons (Fsp3) is 0.630. The Morgan fingerprint density at radius 3 is 1.47 bits per heavy atom. The molecule has 0 aliphatic rings. The van der Waals surface area contributed by atoms with Gasteiger partial charge in [0.15, 0.2) is 6.04 Å². The predicted octanol–water partition coefficient (Wildman–Crippen LogP) is 11.1. The summed E-state index contributed by atoms with van der Waals surface area (Å²) < 4.78 is 26.7. The van der Waals surface area contributed by atoms with Crippen molar-refractivity contribution < 1.29 is 47.8 Å². The number of carbonyl (C=O) groups excluding carboxylic acids is 2. The lowest BCUT2D eigenvalue weighted by Gasteiger charge is -2.18. The van der Waals surface area contributed by atoms with Gasteiger partial charge in [-0.15, -0.1) is 0 Å². The van der Waals surface area contributed by atoms with E-state index in [1.165, 1.54) is 44.9 Å². The minimum absolute atomic E-state index is 0.140. The van der Waals surface area contributed by atoms with E-state index in [2.05, 4.69) is 92.1 Å². The summed E-state index contributed by atoms with van der Waals surface area (Å²) >= 11 is 0. The molecule has 3 unspecified atom stereocenters. The molecule has 0 saturated heterocycles.